The molecule has 0 spiro atoms. The fraction of sp³-hybridized carbons (Fsp3) is 0.231. The van der Waals surface area contributed by atoms with Gasteiger partial charge in [0.2, 0.25) is 0 Å². The summed E-state index contributed by atoms with van der Waals surface area (Å²) in [5.41, 5.74) is 1.66. The van der Waals surface area contributed by atoms with Gasteiger partial charge in [-0.25, -0.2) is 9.97 Å². The van der Waals surface area contributed by atoms with Crippen LogP contribution < -0.4 is 10.6 Å². The van der Waals surface area contributed by atoms with Gasteiger partial charge in [0, 0.05) is 17.6 Å². The standard InChI is InChI=1S/C13H14Cl2N4/c1-3-16-12-6-13(18-7-17-12)19-11-5-9(14)8(2)4-10(11)15/h4-7H,3H2,1-2H3,(H2,16,17,18,19). The number of benzene rings is 1. The number of rotatable bonds is 4. The molecular formula is C13H14Cl2N4. The van der Waals surface area contributed by atoms with Crippen molar-refractivity contribution in [2.24, 2.45) is 0 Å². The molecule has 1 aromatic carbocycles. The summed E-state index contributed by atoms with van der Waals surface area (Å²) in [5.74, 6) is 1.42. The normalized spacial score (nSPS) is 10.3. The second-order valence-electron chi connectivity index (χ2n) is 4.03. The molecule has 2 N–H and O–H groups in total. The largest absolute Gasteiger partial charge is 0.370 e. The Balaban J connectivity index is 2.25. The second kappa shape index (κ2) is 6.08. The molecule has 1 aromatic heterocycles. The highest BCUT2D eigenvalue weighted by Crippen LogP contribution is 2.30. The number of aromatic nitrogens is 2. The van der Waals surface area contributed by atoms with E-state index in [1.807, 2.05) is 26.0 Å². The summed E-state index contributed by atoms with van der Waals surface area (Å²) < 4.78 is 0. The molecule has 2 rings (SSSR count). The fourth-order valence-corrected chi connectivity index (χ4v) is 2.01. The van der Waals surface area contributed by atoms with Gasteiger partial charge in [0.05, 0.1) is 10.7 Å². The molecule has 100 valence electrons. The van der Waals surface area contributed by atoms with Crippen molar-refractivity contribution < 1.29 is 0 Å². The highest BCUT2D eigenvalue weighted by atomic mass is 35.5. The zero-order chi connectivity index (χ0) is 13.8. The van der Waals surface area contributed by atoms with Gasteiger partial charge in [-0.2, -0.15) is 0 Å². The molecule has 4 nitrogen and oxygen atoms in total. The molecule has 0 saturated heterocycles. The lowest BCUT2D eigenvalue weighted by molar-refractivity contribution is 1.11. The van der Waals surface area contributed by atoms with E-state index in [2.05, 4.69) is 20.6 Å². The van der Waals surface area contributed by atoms with Crippen molar-refractivity contribution in [2.75, 3.05) is 17.2 Å². The van der Waals surface area contributed by atoms with E-state index in [9.17, 15) is 0 Å². The lowest BCUT2D eigenvalue weighted by atomic mass is 10.2. The molecule has 0 bridgehead atoms. The first-order valence-corrected chi connectivity index (χ1v) is 6.64. The van der Waals surface area contributed by atoms with Gasteiger partial charge in [-0.15, -0.1) is 0 Å². The predicted octanol–water partition coefficient (Wildman–Crippen LogP) is 4.27. The fourth-order valence-electron chi connectivity index (χ4n) is 1.58. The molecule has 6 heteroatoms. The Labute approximate surface area is 122 Å². The molecule has 0 aliphatic heterocycles. The van der Waals surface area contributed by atoms with Crippen LogP contribution in [0.4, 0.5) is 17.3 Å². The number of hydrogen-bond donors (Lipinski definition) is 2. The average molecular weight is 297 g/mol. The van der Waals surface area contributed by atoms with Gasteiger partial charge in [-0.1, -0.05) is 23.2 Å². The van der Waals surface area contributed by atoms with Crippen molar-refractivity contribution in [3.8, 4) is 0 Å². The molecule has 0 unspecified atom stereocenters. The summed E-state index contributed by atoms with van der Waals surface area (Å²) in [6.45, 7) is 4.71. The van der Waals surface area contributed by atoms with E-state index in [1.54, 1.807) is 6.07 Å². The summed E-state index contributed by atoms with van der Waals surface area (Å²) >= 11 is 12.3. The van der Waals surface area contributed by atoms with Crippen molar-refractivity contribution in [3.63, 3.8) is 0 Å². The van der Waals surface area contributed by atoms with Gasteiger partial charge < -0.3 is 10.6 Å². The van der Waals surface area contributed by atoms with Crippen LogP contribution in [0.1, 0.15) is 12.5 Å². The first-order valence-electron chi connectivity index (χ1n) is 5.88. The monoisotopic (exact) mass is 296 g/mol. The molecule has 1 heterocycles. The minimum atomic E-state index is 0.602. The van der Waals surface area contributed by atoms with E-state index < -0.39 is 0 Å². The third kappa shape index (κ3) is 3.49. The minimum absolute atomic E-state index is 0.602. The van der Waals surface area contributed by atoms with Crippen LogP contribution in [-0.4, -0.2) is 16.5 Å². The second-order valence-corrected chi connectivity index (χ2v) is 4.84. The Kier molecular flexibility index (Phi) is 4.45. The number of halogens is 2. The van der Waals surface area contributed by atoms with Crippen LogP contribution in [0.3, 0.4) is 0 Å². The molecule has 0 saturated carbocycles. The lowest BCUT2D eigenvalue weighted by Gasteiger charge is -2.10. The number of nitrogens with zero attached hydrogens (tertiary/aromatic N) is 2. The summed E-state index contributed by atoms with van der Waals surface area (Å²) in [5, 5.41) is 7.51. The van der Waals surface area contributed by atoms with Gasteiger partial charge in [0.1, 0.15) is 18.0 Å². The quantitative estimate of drug-likeness (QED) is 0.885. The average Bonchev–Trinajstić information content (AvgIpc) is 2.37. The molecule has 19 heavy (non-hydrogen) atoms. The number of hydrogen-bond acceptors (Lipinski definition) is 4. The topological polar surface area (TPSA) is 49.8 Å². The highest BCUT2D eigenvalue weighted by molar-refractivity contribution is 6.35. The number of aryl methyl sites for hydroxylation is 1. The van der Waals surface area contributed by atoms with Crippen LogP contribution in [0, 0.1) is 6.92 Å². The smallest absolute Gasteiger partial charge is 0.135 e. The zero-order valence-electron chi connectivity index (χ0n) is 10.7. The number of nitrogens with one attached hydrogen (secondary N) is 2. The van der Waals surface area contributed by atoms with E-state index in [-0.39, 0.29) is 0 Å². The van der Waals surface area contributed by atoms with Crippen molar-refractivity contribution in [1.82, 2.24) is 9.97 Å². The maximum atomic E-state index is 6.17. The molecular weight excluding hydrogens is 283 g/mol. The maximum absolute atomic E-state index is 6.17. The molecule has 0 amide bonds. The van der Waals surface area contributed by atoms with Crippen molar-refractivity contribution in [2.45, 2.75) is 13.8 Å². The molecule has 0 radical (unpaired) electrons. The van der Waals surface area contributed by atoms with Crippen LogP contribution in [0.15, 0.2) is 24.5 Å². The molecule has 0 aliphatic carbocycles. The van der Waals surface area contributed by atoms with Gasteiger partial charge >= 0.3 is 0 Å². The first-order chi connectivity index (χ1) is 9.10. The van der Waals surface area contributed by atoms with E-state index >= 15 is 0 Å². The molecule has 0 fully saturated rings. The zero-order valence-corrected chi connectivity index (χ0v) is 12.2. The van der Waals surface area contributed by atoms with Crippen LogP contribution in [0.2, 0.25) is 10.0 Å². The SMILES string of the molecule is CCNc1cc(Nc2cc(Cl)c(C)cc2Cl)ncn1. The van der Waals surface area contributed by atoms with Crippen LogP contribution in [-0.2, 0) is 0 Å². The van der Waals surface area contributed by atoms with Crippen molar-refractivity contribution >= 4 is 40.5 Å². The third-order valence-corrected chi connectivity index (χ3v) is 3.26. The summed E-state index contributed by atoms with van der Waals surface area (Å²) in [6, 6.07) is 5.42. The number of anilines is 3. The Morgan fingerprint density at radius 2 is 1.79 bits per heavy atom. The van der Waals surface area contributed by atoms with Gasteiger partial charge in [-0.3, -0.25) is 0 Å². The third-order valence-electron chi connectivity index (χ3n) is 2.54. The summed E-state index contributed by atoms with van der Waals surface area (Å²) in [7, 11) is 0. The van der Waals surface area contributed by atoms with E-state index in [1.165, 1.54) is 6.33 Å². The van der Waals surface area contributed by atoms with Gasteiger partial charge in [-0.05, 0) is 31.5 Å². The van der Waals surface area contributed by atoms with Crippen molar-refractivity contribution in [3.05, 3.63) is 40.1 Å². The van der Waals surface area contributed by atoms with E-state index in [0.717, 1.165) is 23.6 Å². The van der Waals surface area contributed by atoms with E-state index in [4.69, 9.17) is 23.2 Å². The first kappa shape index (κ1) is 13.9. The van der Waals surface area contributed by atoms with Crippen LogP contribution in [0.5, 0.6) is 0 Å². The minimum Gasteiger partial charge on any atom is -0.370 e. The summed E-state index contributed by atoms with van der Waals surface area (Å²) in [6.07, 6.45) is 1.49. The lowest BCUT2D eigenvalue weighted by Crippen LogP contribution is -2.02. The molecule has 0 atom stereocenters. The maximum Gasteiger partial charge on any atom is 0.135 e. The summed E-state index contributed by atoms with van der Waals surface area (Å²) in [4.78, 5) is 8.25. The van der Waals surface area contributed by atoms with Crippen LogP contribution in [0.25, 0.3) is 0 Å². The van der Waals surface area contributed by atoms with Crippen LogP contribution >= 0.6 is 23.2 Å². The molecule has 2 aromatic rings. The highest BCUT2D eigenvalue weighted by Gasteiger charge is 2.06. The van der Waals surface area contributed by atoms with Gasteiger partial charge in [0.25, 0.3) is 0 Å². The Morgan fingerprint density at radius 3 is 2.53 bits per heavy atom. The molecule has 0 aliphatic rings. The Bertz CT molecular complexity index is 587. The Morgan fingerprint density at radius 1 is 1.05 bits per heavy atom. The predicted molar refractivity (Wildman–Crippen MR) is 80.7 cm³/mol. The van der Waals surface area contributed by atoms with E-state index in [0.29, 0.717) is 15.9 Å². The van der Waals surface area contributed by atoms with Gasteiger partial charge in [0.15, 0.2) is 0 Å². The Hall–Kier alpha value is -1.52. The van der Waals surface area contributed by atoms with Crippen molar-refractivity contribution in [1.29, 1.82) is 0 Å².